The summed E-state index contributed by atoms with van der Waals surface area (Å²) in [5, 5.41) is 3.49. The van der Waals surface area contributed by atoms with Gasteiger partial charge in [0.25, 0.3) is 0 Å². The van der Waals surface area contributed by atoms with E-state index in [0.717, 1.165) is 26.2 Å². The van der Waals surface area contributed by atoms with Gasteiger partial charge >= 0.3 is 0 Å². The van der Waals surface area contributed by atoms with Gasteiger partial charge < -0.3 is 10.2 Å². The number of hydrogen-bond acceptors (Lipinski definition) is 4. The van der Waals surface area contributed by atoms with Crippen molar-refractivity contribution in [2.45, 2.75) is 19.9 Å². The molecule has 0 amide bonds. The first-order chi connectivity index (χ1) is 11.3. The zero-order valence-corrected chi connectivity index (χ0v) is 14.8. The molecule has 0 saturated carbocycles. The van der Waals surface area contributed by atoms with Gasteiger partial charge in [-0.3, -0.25) is 9.80 Å². The first kappa shape index (κ1) is 16.9. The van der Waals surface area contributed by atoms with E-state index >= 15 is 0 Å². The molecule has 1 aromatic carbocycles. The summed E-state index contributed by atoms with van der Waals surface area (Å²) in [4.78, 5) is 7.90. The predicted octanol–water partition coefficient (Wildman–Crippen LogP) is 1.58. The zero-order valence-electron chi connectivity index (χ0n) is 14.8. The molecule has 0 bridgehead atoms. The van der Waals surface area contributed by atoms with Crippen molar-refractivity contribution < 1.29 is 0 Å². The van der Waals surface area contributed by atoms with Crippen LogP contribution in [0.3, 0.4) is 0 Å². The van der Waals surface area contributed by atoms with E-state index in [9.17, 15) is 0 Å². The molecule has 0 aliphatic carbocycles. The van der Waals surface area contributed by atoms with Crippen molar-refractivity contribution in [1.82, 2.24) is 20.0 Å². The van der Waals surface area contributed by atoms with Crippen molar-refractivity contribution in [3.8, 4) is 0 Å². The lowest BCUT2D eigenvalue weighted by atomic mass is 10.0. The number of piperazine rings is 2. The molecule has 2 saturated heterocycles. The number of aryl methyl sites for hydroxylation is 1. The predicted molar refractivity (Wildman–Crippen MR) is 96.9 cm³/mol. The first-order valence-electron chi connectivity index (χ1n) is 9.22. The van der Waals surface area contributed by atoms with Crippen LogP contribution in [0.25, 0.3) is 0 Å². The minimum atomic E-state index is 0.533. The molecule has 0 radical (unpaired) electrons. The number of nitrogens with zero attached hydrogens (tertiary/aromatic N) is 3. The Labute approximate surface area is 141 Å². The highest BCUT2D eigenvalue weighted by atomic mass is 15.3. The minimum absolute atomic E-state index is 0.533. The number of likely N-dealkylation sites (N-methyl/N-ethyl adjacent to an activating group) is 1. The molecule has 1 N–H and O–H groups in total. The molecular formula is C19H32N4. The van der Waals surface area contributed by atoms with Gasteiger partial charge in [0, 0.05) is 64.9 Å². The summed E-state index contributed by atoms with van der Waals surface area (Å²) >= 11 is 0. The van der Waals surface area contributed by atoms with Gasteiger partial charge in [0.1, 0.15) is 0 Å². The highest BCUT2D eigenvalue weighted by Crippen LogP contribution is 2.23. The van der Waals surface area contributed by atoms with E-state index in [1.54, 1.807) is 0 Å². The highest BCUT2D eigenvalue weighted by molar-refractivity contribution is 5.24. The largest absolute Gasteiger partial charge is 0.314 e. The minimum Gasteiger partial charge on any atom is -0.314 e. The summed E-state index contributed by atoms with van der Waals surface area (Å²) in [5.41, 5.74) is 2.83. The molecule has 1 aromatic rings. The number of hydrogen-bond donors (Lipinski definition) is 1. The molecule has 4 nitrogen and oxygen atoms in total. The zero-order chi connectivity index (χ0) is 16.1. The van der Waals surface area contributed by atoms with Crippen LogP contribution >= 0.6 is 0 Å². The van der Waals surface area contributed by atoms with E-state index in [0.29, 0.717) is 6.04 Å². The van der Waals surface area contributed by atoms with Crippen LogP contribution in [0.5, 0.6) is 0 Å². The Morgan fingerprint density at radius 2 is 1.52 bits per heavy atom. The standard InChI is InChI=1S/C19H32N4/c1-3-21-12-14-22(15-13-21)16-19(23-10-8-20-9-11-23)18-6-4-17(2)5-7-18/h4-7,19-20H,3,8-16H2,1-2H3. The fourth-order valence-electron chi connectivity index (χ4n) is 3.75. The normalized spacial score (nSPS) is 23.0. The summed E-state index contributed by atoms with van der Waals surface area (Å²) in [5.74, 6) is 0. The third kappa shape index (κ3) is 4.54. The van der Waals surface area contributed by atoms with Crippen molar-refractivity contribution >= 4 is 0 Å². The number of benzene rings is 1. The summed E-state index contributed by atoms with van der Waals surface area (Å²) < 4.78 is 0. The van der Waals surface area contributed by atoms with Crippen LogP contribution in [0, 0.1) is 6.92 Å². The smallest absolute Gasteiger partial charge is 0.0476 e. The number of nitrogens with one attached hydrogen (secondary N) is 1. The molecule has 2 aliphatic heterocycles. The lowest BCUT2D eigenvalue weighted by molar-refractivity contribution is 0.0856. The highest BCUT2D eigenvalue weighted by Gasteiger charge is 2.26. The lowest BCUT2D eigenvalue weighted by Crippen LogP contribution is -2.51. The van der Waals surface area contributed by atoms with Gasteiger partial charge in [-0.2, -0.15) is 0 Å². The van der Waals surface area contributed by atoms with E-state index in [2.05, 4.69) is 58.1 Å². The molecular weight excluding hydrogens is 284 g/mol. The van der Waals surface area contributed by atoms with Crippen molar-refractivity contribution in [3.05, 3.63) is 35.4 Å². The van der Waals surface area contributed by atoms with E-state index < -0.39 is 0 Å². The average Bonchev–Trinajstić information content (AvgIpc) is 2.62. The molecule has 1 atom stereocenters. The van der Waals surface area contributed by atoms with Crippen LogP contribution in [0.2, 0.25) is 0 Å². The van der Waals surface area contributed by atoms with Crippen LogP contribution in [0.15, 0.2) is 24.3 Å². The van der Waals surface area contributed by atoms with Gasteiger partial charge in [-0.05, 0) is 19.0 Å². The van der Waals surface area contributed by atoms with Crippen LogP contribution in [0.4, 0.5) is 0 Å². The van der Waals surface area contributed by atoms with Crippen molar-refractivity contribution in [3.63, 3.8) is 0 Å². The van der Waals surface area contributed by atoms with Crippen LogP contribution < -0.4 is 5.32 Å². The van der Waals surface area contributed by atoms with E-state index in [-0.39, 0.29) is 0 Å². The maximum atomic E-state index is 3.49. The molecule has 2 heterocycles. The van der Waals surface area contributed by atoms with Crippen molar-refractivity contribution in [2.75, 3.05) is 65.4 Å². The Bertz CT molecular complexity index is 459. The van der Waals surface area contributed by atoms with E-state index in [4.69, 9.17) is 0 Å². The van der Waals surface area contributed by atoms with Gasteiger partial charge in [-0.15, -0.1) is 0 Å². The van der Waals surface area contributed by atoms with Crippen LogP contribution in [-0.4, -0.2) is 80.1 Å². The first-order valence-corrected chi connectivity index (χ1v) is 9.22. The number of rotatable bonds is 5. The monoisotopic (exact) mass is 316 g/mol. The van der Waals surface area contributed by atoms with Gasteiger partial charge in [0.05, 0.1) is 0 Å². The summed E-state index contributed by atoms with van der Waals surface area (Å²) in [7, 11) is 0. The second-order valence-corrected chi connectivity index (χ2v) is 6.95. The lowest BCUT2D eigenvalue weighted by Gasteiger charge is -2.41. The molecule has 23 heavy (non-hydrogen) atoms. The summed E-state index contributed by atoms with van der Waals surface area (Å²) in [6.07, 6.45) is 0. The molecule has 3 rings (SSSR count). The Kier molecular flexibility index (Phi) is 6.06. The molecule has 0 aromatic heterocycles. The molecule has 2 fully saturated rings. The third-order valence-corrected chi connectivity index (χ3v) is 5.40. The Morgan fingerprint density at radius 3 is 2.13 bits per heavy atom. The second kappa shape index (κ2) is 8.25. The van der Waals surface area contributed by atoms with Crippen LogP contribution in [-0.2, 0) is 0 Å². The van der Waals surface area contributed by atoms with Gasteiger partial charge in [-0.1, -0.05) is 36.8 Å². The molecule has 4 heteroatoms. The second-order valence-electron chi connectivity index (χ2n) is 6.95. The topological polar surface area (TPSA) is 21.8 Å². The van der Waals surface area contributed by atoms with Crippen molar-refractivity contribution in [1.29, 1.82) is 0 Å². The fourth-order valence-corrected chi connectivity index (χ4v) is 3.75. The van der Waals surface area contributed by atoms with Crippen LogP contribution in [0.1, 0.15) is 24.1 Å². The quantitative estimate of drug-likeness (QED) is 0.890. The Hall–Kier alpha value is -0.940. The summed E-state index contributed by atoms with van der Waals surface area (Å²) in [6.45, 7) is 16.2. The molecule has 1 unspecified atom stereocenters. The van der Waals surface area contributed by atoms with Gasteiger partial charge in [0.2, 0.25) is 0 Å². The summed E-state index contributed by atoms with van der Waals surface area (Å²) in [6, 6.07) is 9.74. The molecule has 0 spiro atoms. The Morgan fingerprint density at radius 1 is 0.913 bits per heavy atom. The van der Waals surface area contributed by atoms with E-state index in [1.807, 2.05) is 0 Å². The van der Waals surface area contributed by atoms with Gasteiger partial charge in [0.15, 0.2) is 0 Å². The molecule has 2 aliphatic rings. The van der Waals surface area contributed by atoms with E-state index in [1.165, 1.54) is 50.4 Å². The Balaban J connectivity index is 1.68. The molecule has 128 valence electrons. The SMILES string of the molecule is CCN1CCN(CC(c2ccc(C)cc2)N2CCNCC2)CC1. The van der Waals surface area contributed by atoms with Gasteiger partial charge in [-0.25, -0.2) is 0 Å². The maximum Gasteiger partial charge on any atom is 0.0476 e. The maximum absolute atomic E-state index is 3.49. The average molecular weight is 316 g/mol. The third-order valence-electron chi connectivity index (χ3n) is 5.40. The van der Waals surface area contributed by atoms with Crippen molar-refractivity contribution in [2.24, 2.45) is 0 Å². The fraction of sp³-hybridized carbons (Fsp3) is 0.684.